The van der Waals surface area contributed by atoms with Crippen LogP contribution in [0.2, 0.25) is 5.02 Å². The Kier molecular flexibility index (Phi) is 12.1. The van der Waals surface area contributed by atoms with E-state index in [9.17, 15) is 19.8 Å². The Labute approximate surface area is 230 Å². The zero-order valence-corrected chi connectivity index (χ0v) is 23.7. The van der Waals surface area contributed by atoms with Gasteiger partial charge in [-0.2, -0.15) is 0 Å². The third-order valence-corrected chi connectivity index (χ3v) is 7.43. The van der Waals surface area contributed by atoms with Crippen molar-refractivity contribution >= 4 is 29.3 Å². The first kappa shape index (κ1) is 31.6. The minimum absolute atomic E-state index is 0.0329. The maximum absolute atomic E-state index is 12.9. The molecule has 10 heteroatoms. The monoisotopic (exact) mass is 552 g/mol. The molecule has 5 N–H and O–H groups in total. The van der Waals surface area contributed by atoms with Gasteiger partial charge in [0.25, 0.3) is 5.91 Å². The van der Waals surface area contributed by atoms with E-state index in [1.54, 1.807) is 26.0 Å². The van der Waals surface area contributed by atoms with Crippen molar-refractivity contribution in [3.05, 3.63) is 46.0 Å². The van der Waals surface area contributed by atoms with E-state index >= 15 is 0 Å². The van der Waals surface area contributed by atoms with Gasteiger partial charge in [0.15, 0.2) is 6.10 Å². The van der Waals surface area contributed by atoms with Crippen molar-refractivity contribution in [1.29, 1.82) is 0 Å². The lowest BCUT2D eigenvalue weighted by molar-refractivity contribution is -0.112. The summed E-state index contributed by atoms with van der Waals surface area (Å²) in [5.41, 5.74) is 7.40. The van der Waals surface area contributed by atoms with Crippen molar-refractivity contribution in [2.75, 3.05) is 19.5 Å². The van der Waals surface area contributed by atoms with Crippen molar-refractivity contribution in [3.8, 4) is 5.75 Å². The number of fused-ring (bicyclic) bond motifs is 2. The molecule has 0 radical (unpaired) electrons. The summed E-state index contributed by atoms with van der Waals surface area (Å²) in [5, 5.41) is 24.7. The normalized spacial score (nSPS) is 28.2. The van der Waals surface area contributed by atoms with E-state index in [1.165, 1.54) is 20.3 Å². The number of carbonyl (C=O) groups excluding carboxylic acids is 2. The number of hydrogen-bond acceptors (Lipinski definition) is 7. The molecule has 1 aromatic rings. The van der Waals surface area contributed by atoms with Crippen LogP contribution in [0.25, 0.3) is 0 Å². The number of aliphatic hydroxyl groups excluding tert-OH is 1. The average molecular weight is 553 g/mol. The smallest absolute Gasteiger partial charge is 0.405 e. The third kappa shape index (κ3) is 8.46. The molecule has 1 aromatic carbocycles. The van der Waals surface area contributed by atoms with Gasteiger partial charge in [-0.25, -0.2) is 4.79 Å². The number of nitrogens with two attached hydrogens (primary N) is 1. The molecule has 0 saturated heterocycles. The van der Waals surface area contributed by atoms with E-state index in [0.717, 1.165) is 0 Å². The van der Waals surface area contributed by atoms with Gasteiger partial charge in [0.1, 0.15) is 5.75 Å². The number of rotatable bonds is 3. The molecule has 0 aromatic heterocycles. The Morgan fingerprint density at radius 3 is 2.42 bits per heavy atom. The molecule has 1 heterocycles. The second-order valence-electron chi connectivity index (χ2n) is 10.1. The highest BCUT2D eigenvalue weighted by atomic mass is 35.5. The number of benzene rings is 1. The molecular formula is C28H41ClN2O7. The predicted molar refractivity (Wildman–Crippen MR) is 147 cm³/mol. The Morgan fingerprint density at radius 1 is 1.16 bits per heavy atom. The van der Waals surface area contributed by atoms with E-state index in [2.05, 4.69) is 5.32 Å². The number of aliphatic hydroxyl groups is 1. The van der Waals surface area contributed by atoms with Gasteiger partial charge in [0, 0.05) is 31.3 Å². The van der Waals surface area contributed by atoms with E-state index in [-0.39, 0.29) is 28.5 Å². The first-order valence-corrected chi connectivity index (χ1v) is 13.1. The fourth-order valence-electron chi connectivity index (χ4n) is 4.81. The fraction of sp³-hybridized carbons (Fsp3) is 0.571. The number of nitrogens with one attached hydrogen (secondary N) is 1. The third-order valence-electron chi connectivity index (χ3n) is 6.99. The largest absolute Gasteiger partial charge is 0.508 e. The molecule has 38 heavy (non-hydrogen) atoms. The van der Waals surface area contributed by atoms with Crippen LogP contribution < -0.4 is 11.1 Å². The molecule has 212 valence electrons. The quantitative estimate of drug-likeness (QED) is 0.314. The molecule has 2 rings (SSSR count). The van der Waals surface area contributed by atoms with Gasteiger partial charge in [-0.3, -0.25) is 4.79 Å². The second-order valence-corrected chi connectivity index (χ2v) is 10.4. The van der Waals surface area contributed by atoms with Crippen molar-refractivity contribution in [2.45, 2.75) is 77.8 Å². The van der Waals surface area contributed by atoms with Crippen LogP contribution in [0.4, 0.5) is 10.5 Å². The summed E-state index contributed by atoms with van der Waals surface area (Å²) in [7, 11) is 3.05. The number of ether oxygens (including phenoxy) is 3. The molecule has 0 aliphatic carbocycles. The van der Waals surface area contributed by atoms with Gasteiger partial charge in [-0.05, 0) is 63.2 Å². The molecular weight excluding hydrogens is 512 g/mol. The van der Waals surface area contributed by atoms with Crippen LogP contribution >= 0.6 is 11.6 Å². The van der Waals surface area contributed by atoms with Gasteiger partial charge in [0.05, 0.1) is 29.0 Å². The Hall–Kier alpha value is -2.59. The van der Waals surface area contributed by atoms with E-state index in [0.29, 0.717) is 48.1 Å². The number of primary amides is 1. The summed E-state index contributed by atoms with van der Waals surface area (Å²) in [4.78, 5) is 24.5. The summed E-state index contributed by atoms with van der Waals surface area (Å²) in [5.74, 6) is -0.685. The topological polar surface area (TPSA) is 140 Å². The van der Waals surface area contributed by atoms with Crippen molar-refractivity contribution in [3.63, 3.8) is 0 Å². The number of allylic oxidation sites excluding steroid dienone is 1. The Bertz CT molecular complexity index is 1040. The summed E-state index contributed by atoms with van der Waals surface area (Å²) < 4.78 is 16.7. The first-order chi connectivity index (χ1) is 17.9. The van der Waals surface area contributed by atoms with Crippen LogP contribution in [0, 0.1) is 11.8 Å². The van der Waals surface area contributed by atoms with E-state index in [1.807, 2.05) is 19.9 Å². The maximum atomic E-state index is 12.9. The molecule has 6 atom stereocenters. The molecule has 1 aliphatic heterocycles. The average Bonchev–Trinajstić information content (AvgIpc) is 2.86. The number of carbonyl (C=O) groups is 2. The second kappa shape index (κ2) is 14.5. The minimum Gasteiger partial charge on any atom is -0.508 e. The van der Waals surface area contributed by atoms with Crippen molar-refractivity contribution in [2.24, 2.45) is 17.6 Å². The lowest BCUT2D eigenvalue weighted by Gasteiger charge is -2.30. The molecule has 9 nitrogen and oxygen atoms in total. The Morgan fingerprint density at radius 2 is 1.82 bits per heavy atom. The van der Waals surface area contributed by atoms with Gasteiger partial charge in [0.2, 0.25) is 0 Å². The summed E-state index contributed by atoms with van der Waals surface area (Å²) in [6.45, 7) is 7.31. The summed E-state index contributed by atoms with van der Waals surface area (Å²) >= 11 is 6.61. The lowest BCUT2D eigenvalue weighted by Crippen LogP contribution is -2.37. The van der Waals surface area contributed by atoms with Gasteiger partial charge >= 0.3 is 6.09 Å². The SMILES string of the molecule is CO[C@H]1C[C@H](C)Cc2c(O)ccc(c2Cl)NC(=O)C(C)=CCC[C@H](OC)[C@@H](OC(N)=O)C(C)=C[C@H](C)[C@H]1O. The zero-order valence-electron chi connectivity index (χ0n) is 23.0. The van der Waals surface area contributed by atoms with E-state index in [4.69, 9.17) is 31.5 Å². The van der Waals surface area contributed by atoms with Crippen LogP contribution in [0.3, 0.4) is 0 Å². The molecule has 0 fully saturated rings. The van der Waals surface area contributed by atoms with Gasteiger partial charge in [-0.15, -0.1) is 0 Å². The molecule has 0 spiro atoms. The number of anilines is 1. The molecule has 0 unspecified atom stereocenters. The highest BCUT2D eigenvalue weighted by molar-refractivity contribution is 6.35. The molecule has 0 saturated carbocycles. The summed E-state index contributed by atoms with van der Waals surface area (Å²) in [6, 6.07) is 3.06. The van der Waals surface area contributed by atoms with Crippen LogP contribution in [0.15, 0.2) is 35.4 Å². The highest BCUT2D eigenvalue weighted by Gasteiger charge is 2.30. The number of amides is 2. The van der Waals surface area contributed by atoms with Crippen LogP contribution in [-0.4, -0.2) is 60.8 Å². The minimum atomic E-state index is -0.937. The first-order valence-electron chi connectivity index (χ1n) is 12.8. The number of methoxy groups -OCH3 is 2. The number of halogens is 1. The van der Waals surface area contributed by atoms with Crippen LogP contribution in [0.5, 0.6) is 5.75 Å². The Balaban J connectivity index is 2.52. The number of phenolic OH excluding ortho intramolecular Hbond substituents is 1. The highest BCUT2D eigenvalue weighted by Crippen LogP contribution is 2.36. The van der Waals surface area contributed by atoms with E-state index < -0.39 is 30.5 Å². The number of aromatic hydroxyl groups is 1. The van der Waals surface area contributed by atoms with Gasteiger partial charge in [-0.1, -0.05) is 37.6 Å². The number of hydrogen-bond donors (Lipinski definition) is 4. The lowest BCUT2D eigenvalue weighted by atomic mass is 9.88. The molecule has 1 aliphatic rings. The predicted octanol–water partition coefficient (Wildman–Crippen LogP) is 4.73. The van der Waals surface area contributed by atoms with Gasteiger partial charge < -0.3 is 35.5 Å². The fourth-order valence-corrected chi connectivity index (χ4v) is 5.09. The van der Waals surface area contributed by atoms with Crippen LogP contribution in [-0.2, 0) is 25.4 Å². The summed E-state index contributed by atoms with van der Waals surface area (Å²) in [6.07, 6.45) is 1.73. The van der Waals surface area contributed by atoms with Crippen molar-refractivity contribution in [1.82, 2.24) is 0 Å². The number of phenols is 1. The zero-order chi connectivity index (χ0) is 28.6. The van der Waals surface area contributed by atoms with Crippen molar-refractivity contribution < 1.29 is 34.0 Å². The maximum Gasteiger partial charge on any atom is 0.405 e. The molecule has 2 amide bonds. The molecule has 2 bridgehead atoms. The standard InChI is InChI=1S/C28H41ClN2O7/c1-15-12-19-21(32)11-10-20(24(19)29)31-27(34)16(2)8-7-9-22(36-5)26(38-28(30)35)18(4)14-17(3)25(33)23(13-15)37-6/h8,10-11,14-15,17,22-23,25-26,32-33H,7,9,12-13H2,1-6H3,(H2,30,35)(H,31,34)/t15-,17+,22+,23+,25-,26+/m1/s1. The van der Waals surface area contributed by atoms with Crippen LogP contribution in [0.1, 0.15) is 52.5 Å².